The van der Waals surface area contributed by atoms with Crippen LogP contribution in [0.1, 0.15) is 19.8 Å². The Bertz CT molecular complexity index is 359. The van der Waals surface area contributed by atoms with Crippen LogP contribution < -0.4 is 5.32 Å². The van der Waals surface area contributed by atoms with Crippen molar-refractivity contribution in [3.63, 3.8) is 0 Å². The fraction of sp³-hybridized carbons (Fsp3) is 0.692. The highest BCUT2D eigenvalue weighted by Gasteiger charge is 2.20. The number of rotatable bonds is 6. The Kier molecular flexibility index (Phi) is 6.16. The van der Waals surface area contributed by atoms with E-state index in [0.29, 0.717) is 6.54 Å². The van der Waals surface area contributed by atoms with Crippen LogP contribution in [0.3, 0.4) is 0 Å². The third-order valence-electron chi connectivity index (χ3n) is 3.21. The first-order valence-electron chi connectivity index (χ1n) is 6.46. The van der Waals surface area contributed by atoms with E-state index in [1.165, 1.54) is 12.8 Å². The maximum absolute atomic E-state index is 11.8. The molecular weight excluding hydrogens is 246 g/mol. The van der Waals surface area contributed by atoms with Crippen molar-refractivity contribution in [2.75, 3.05) is 32.7 Å². The Morgan fingerprint density at radius 1 is 1.47 bits per heavy atom. The second-order valence-electron chi connectivity index (χ2n) is 4.73. The van der Waals surface area contributed by atoms with Gasteiger partial charge in [-0.1, -0.05) is 5.92 Å². The molecule has 6 nitrogen and oxygen atoms in total. The molecule has 0 aromatic carbocycles. The van der Waals surface area contributed by atoms with Crippen LogP contribution in [0.25, 0.3) is 0 Å². The molecule has 0 aromatic heterocycles. The minimum Gasteiger partial charge on any atom is -0.480 e. The number of terminal acetylenes is 1. The lowest BCUT2D eigenvalue weighted by Crippen LogP contribution is -2.47. The van der Waals surface area contributed by atoms with Crippen molar-refractivity contribution < 1.29 is 14.7 Å². The van der Waals surface area contributed by atoms with E-state index in [9.17, 15) is 9.59 Å². The van der Waals surface area contributed by atoms with E-state index in [1.54, 1.807) is 0 Å². The molecule has 6 heteroatoms. The number of aliphatic carboxylic acids is 1. The van der Waals surface area contributed by atoms with Gasteiger partial charge in [0.05, 0.1) is 6.54 Å². The fourth-order valence-corrected chi connectivity index (χ4v) is 2.13. The SMILES string of the molecule is C#CCN(CC(=O)O)C(=O)NCC(C)N1CCCC1. The summed E-state index contributed by atoms with van der Waals surface area (Å²) in [5, 5.41) is 11.4. The van der Waals surface area contributed by atoms with Gasteiger partial charge in [0, 0.05) is 12.6 Å². The van der Waals surface area contributed by atoms with Crippen LogP contribution in [0.2, 0.25) is 0 Å². The molecule has 1 fully saturated rings. The Morgan fingerprint density at radius 3 is 2.63 bits per heavy atom. The fourth-order valence-electron chi connectivity index (χ4n) is 2.13. The van der Waals surface area contributed by atoms with Crippen molar-refractivity contribution >= 4 is 12.0 Å². The summed E-state index contributed by atoms with van der Waals surface area (Å²) in [6, 6.07) is -0.171. The number of hydrogen-bond acceptors (Lipinski definition) is 3. The third-order valence-corrected chi connectivity index (χ3v) is 3.21. The minimum absolute atomic E-state index is 0.00374. The summed E-state index contributed by atoms with van der Waals surface area (Å²) in [6.45, 7) is 4.28. The molecule has 0 radical (unpaired) electrons. The number of nitrogens with zero attached hydrogens (tertiary/aromatic N) is 2. The van der Waals surface area contributed by atoms with Crippen LogP contribution in [0.5, 0.6) is 0 Å². The molecule has 0 saturated carbocycles. The van der Waals surface area contributed by atoms with Crippen molar-refractivity contribution in [1.82, 2.24) is 15.1 Å². The lowest BCUT2D eigenvalue weighted by atomic mass is 10.3. The monoisotopic (exact) mass is 267 g/mol. The van der Waals surface area contributed by atoms with Crippen molar-refractivity contribution in [2.24, 2.45) is 0 Å². The van der Waals surface area contributed by atoms with Crippen molar-refractivity contribution in [1.29, 1.82) is 0 Å². The zero-order valence-electron chi connectivity index (χ0n) is 11.3. The lowest BCUT2D eigenvalue weighted by molar-refractivity contribution is -0.137. The second kappa shape index (κ2) is 7.64. The summed E-state index contributed by atoms with van der Waals surface area (Å²) in [4.78, 5) is 25.9. The number of carboxylic acid groups (broad SMARTS) is 1. The number of nitrogens with one attached hydrogen (secondary N) is 1. The first-order chi connectivity index (χ1) is 9.04. The number of likely N-dealkylation sites (tertiary alicyclic amines) is 1. The highest BCUT2D eigenvalue weighted by Crippen LogP contribution is 2.10. The van der Waals surface area contributed by atoms with Gasteiger partial charge >= 0.3 is 12.0 Å². The van der Waals surface area contributed by atoms with Crippen LogP contribution in [-0.2, 0) is 4.79 Å². The second-order valence-corrected chi connectivity index (χ2v) is 4.73. The number of carboxylic acids is 1. The molecule has 1 heterocycles. The van der Waals surface area contributed by atoms with Crippen LogP contribution in [-0.4, -0.2) is 65.7 Å². The van der Waals surface area contributed by atoms with Gasteiger partial charge < -0.3 is 15.3 Å². The molecule has 19 heavy (non-hydrogen) atoms. The van der Waals surface area contributed by atoms with Gasteiger partial charge in [0.15, 0.2) is 0 Å². The number of urea groups is 1. The smallest absolute Gasteiger partial charge is 0.323 e. The van der Waals surface area contributed by atoms with E-state index in [1.807, 2.05) is 6.92 Å². The molecule has 2 N–H and O–H groups in total. The molecule has 1 aliphatic heterocycles. The van der Waals surface area contributed by atoms with Gasteiger partial charge in [0.25, 0.3) is 0 Å². The molecular formula is C13H21N3O3. The average Bonchev–Trinajstić information content (AvgIpc) is 2.88. The van der Waals surface area contributed by atoms with E-state index < -0.39 is 12.0 Å². The molecule has 0 aliphatic carbocycles. The number of hydrogen-bond donors (Lipinski definition) is 2. The number of carbonyl (C=O) groups is 2. The average molecular weight is 267 g/mol. The van der Waals surface area contributed by atoms with Crippen LogP contribution in [0.15, 0.2) is 0 Å². The van der Waals surface area contributed by atoms with Gasteiger partial charge in [0.1, 0.15) is 6.54 Å². The van der Waals surface area contributed by atoms with E-state index in [4.69, 9.17) is 11.5 Å². The largest absolute Gasteiger partial charge is 0.480 e. The summed E-state index contributed by atoms with van der Waals surface area (Å²) in [7, 11) is 0. The third kappa shape index (κ3) is 5.18. The highest BCUT2D eigenvalue weighted by molar-refractivity contribution is 5.80. The maximum atomic E-state index is 11.8. The van der Waals surface area contributed by atoms with Gasteiger partial charge in [0.2, 0.25) is 0 Å². The maximum Gasteiger partial charge on any atom is 0.323 e. The van der Waals surface area contributed by atoms with Gasteiger partial charge in [-0.2, -0.15) is 0 Å². The molecule has 0 bridgehead atoms. The van der Waals surface area contributed by atoms with E-state index in [2.05, 4.69) is 16.1 Å². The molecule has 1 atom stereocenters. The van der Waals surface area contributed by atoms with Gasteiger partial charge in [-0.15, -0.1) is 6.42 Å². The van der Waals surface area contributed by atoms with E-state index in [0.717, 1.165) is 18.0 Å². The van der Waals surface area contributed by atoms with Crippen LogP contribution in [0, 0.1) is 12.3 Å². The van der Waals surface area contributed by atoms with E-state index in [-0.39, 0.29) is 19.1 Å². The molecule has 2 amide bonds. The standard InChI is InChI=1S/C13H21N3O3/c1-3-6-16(10-12(17)18)13(19)14-9-11(2)15-7-4-5-8-15/h1,11H,4-10H2,2H3,(H,14,19)(H,17,18). The molecule has 1 unspecified atom stereocenters. The van der Waals surface area contributed by atoms with Gasteiger partial charge in [-0.3, -0.25) is 9.69 Å². The van der Waals surface area contributed by atoms with Gasteiger partial charge in [-0.05, 0) is 32.9 Å². The Balaban J connectivity index is 2.38. The topological polar surface area (TPSA) is 72.9 Å². The van der Waals surface area contributed by atoms with Crippen LogP contribution in [0.4, 0.5) is 4.79 Å². The molecule has 1 saturated heterocycles. The molecule has 1 rings (SSSR count). The predicted molar refractivity (Wildman–Crippen MR) is 71.7 cm³/mol. The first kappa shape index (κ1) is 15.3. The Labute approximate surface area is 113 Å². The van der Waals surface area contributed by atoms with Crippen LogP contribution >= 0.6 is 0 Å². The molecule has 1 aliphatic rings. The highest BCUT2D eigenvalue weighted by atomic mass is 16.4. The molecule has 106 valence electrons. The number of amides is 2. The van der Waals surface area contributed by atoms with Crippen molar-refractivity contribution in [3.8, 4) is 12.3 Å². The van der Waals surface area contributed by atoms with Crippen molar-refractivity contribution in [2.45, 2.75) is 25.8 Å². The summed E-state index contributed by atoms with van der Waals surface area (Å²) in [5.41, 5.74) is 0. The number of carbonyl (C=O) groups excluding carboxylic acids is 1. The Hall–Kier alpha value is -1.74. The Morgan fingerprint density at radius 2 is 2.11 bits per heavy atom. The lowest BCUT2D eigenvalue weighted by Gasteiger charge is -2.25. The quantitative estimate of drug-likeness (QED) is 0.674. The van der Waals surface area contributed by atoms with Crippen molar-refractivity contribution in [3.05, 3.63) is 0 Å². The summed E-state index contributed by atoms with van der Waals surface area (Å²) < 4.78 is 0. The molecule has 0 spiro atoms. The zero-order chi connectivity index (χ0) is 14.3. The van der Waals surface area contributed by atoms with E-state index >= 15 is 0 Å². The zero-order valence-corrected chi connectivity index (χ0v) is 11.3. The normalized spacial score (nSPS) is 16.6. The minimum atomic E-state index is -1.07. The summed E-state index contributed by atoms with van der Waals surface area (Å²) in [6.07, 6.45) is 7.52. The van der Waals surface area contributed by atoms with Gasteiger partial charge in [-0.25, -0.2) is 4.79 Å². The summed E-state index contributed by atoms with van der Waals surface area (Å²) in [5.74, 6) is 1.22. The molecule has 0 aromatic rings. The first-order valence-corrected chi connectivity index (χ1v) is 6.46. The summed E-state index contributed by atoms with van der Waals surface area (Å²) >= 11 is 0. The predicted octanol–water partition coefficient (Wildman–Crippen LogP) is 0.200.